The van der Waals surface area contributed by atoms with Gasteiger partial charge >= 0.3 is 0 Å². The number of phenols is 2. The van der Waals surface area contributed by atoms with E-state index in [-0.39, 0.29) is 53.6 Å². The fourth-order valence-corrected chi connectivity index (χ4v) is 6.01. The van der Waals surface area contributed by atoms with Crippen LogP contribution in [0.4, 0.5) is 0 Å². The molecule has 12 nitrogen and oxygen atoms in total. The molecule has 3 aliphatic rings. The van der Waals surface area contributed by atoms with Crippen LogP contribution in [-0.2, 0) is 4.74 Å². The average Bonchev–Trinajstić information content (AvgIpc) is 2.94. The van der Waals surface area contributed by atoms with Crippen LogP contribution >= 0.6 is 0 Å². The van der Waals surface area contributed by atoms with Crippen molar-refractivity contribution in [1.29, 1.82) is 0 Å². The quantitative estimate of drug-likeness (QED) is 0.232. The van der Waals surface area contributed by atoms with Crippen molar-refractivity contribution in [2.45, 2.75) is 81.1 Å². The minimum atomic E-state index is -1.54. The molecule has 5 rings (SSSR count). The van der Waals surface area contributed by atoms with E-state index in [4.69, 9.17) is 14.2 Å². The Hall–Kier alpha value is -2.97. The van der Waals surface area contributed by atoms with Gasteiger partial charge in [0.25, 0.3) is 0 Å². The Morgan fingerprint density at radius 3 is 2.27 bits per heavy atom. The number of carbonyl (C=O) groups excluding carboxylic acids is 1. The van der Waals surface area contributed by atoms with E-state index in [0.29, 0.717) is 5.56 Å². The molecule has 1 heterocycles. The predicted molar refractivity (Wildman–Crippen MR) is 141 cm³/mol. The van der Waals surface area contributed by atoms with Crippen LogP contribution in [0.1, 0.15) is 48.2 Å². The lowest BCUT2D eigenvalue weighted by atomic mass is 9.79. The number of aliphatic hydroxyl groups is 6. The van der Waals surface area contributed by atoms with Crippen LogP contribution in [0.2, 0.25) is 0 Å². The number of benzene rings is 2. The van der Waals surface area contributed by atoms with E-state index in [0.717, 1.165) is 0 Å². The van der Waals surface area contributed by atoms with Gasteiger partial charge in [0.1, 0.15) is 65.2 Å². The van der Waals surface area contributed by atoms with Crippen LogP contribution in [0.3, 0.4) is 0 Å². The highest BCUT2D eigenvalue weighted by Gasteiger charge is 2.49. The first-order valence-corrected chi connectivity index (χ1v) is 13.7. The Morgan fingerprint density at radius 1 is 0.878 bits per heavy atom. The van der Waals surface area contributed by atoms with Crippen molar-refractivity contribution in [1.82, 2.24) is 0 Å². The van der Waals surface area contributed by atoms with Crippen LogP contribution in [0, 0.1) is 11.8 Å². The van der Waals surface area contributed by atoms with Crippen molar-refractivity contribution >= 4 is 5.78 Å². The molecule has 2 aromatic carbocycles. The highest BCUT2D eigenvalue weighted by Crippen LogP contribution is 2.43. The molecule has 1 aliphatic heterocycles. The third-order valence-electron chi connectivity index (χ3n) is 8.43. The van der Waals surface area contributed by atoms with E-state index in [1.807, 2.05) is 0 Å². The van der Waals surface area contributed by atoms with Crippen molar-refractivity contribution in [3.63, 3.8) is 0 Å². The largest absolute Gasteiger partial charge is 0.508 e. The predicted octanol–water partition coefficient (Wildman–Crippen LogP) is 0.162. The molecule has 0 spiro atoms. The molecule has 12 heteroatoms. The van der Waals surface area contributed by atoms with Crippen LogP contribution < -0.4 is 9.47 Å². The molecule has 2 fully saturated rings. The zero-order valence-corrected chi connectivity index (χ0v) is 22.4. The van der Waals surface area contributed by atoms with Gasteiger partial charge in [-0.2, -0.15) is 0 Å². The van der Waals surface area contributed by atoms with Crippen molar-refractivity contribution < 1.29 is 59.9 Å². The van der Waals surface area contributed by atoms with Crippen LogP contribution in [0.25, 0.3) is 0 Å². The number of phenolic OH excluding ortho intramolecular Hbond substituents is 2. The van der Waals surface area contributed by atoms with Gasteiger partial charge in [-0.3, -0.25) is 4.79 Å². The summed E-state index contributed by atoms with van der Waals surface area (Å²) in [5.74, 6) is -1.76. The number of aliphatic hydroxyl groups excluding tert-OH is 6. The summed E-state index contributed by atoms with van der Waals surface area (Å²) in [4.78, 5) is 12.9. The first-order chi connectivity index (χ1) is 19.5. The first-order valence-electron chi connectivity index (χ1n) is 13.7. The SMILES string of the molecule is CC1CC(OC2C(Oc3cc(O)c4c(c3)O[C@H](c3ccc(O)cc3)CC4=O)CC(CO)C(O)C2O)C(O)C(O)C1O. The molecule has 2 aliphatic carbocycles. The molecule has 0 saturated heterocycles. The minimum absolute atomic E-state index is 0.0145. The fourth-order valence-electron chi connectivity index (χ4n) is 6.01. The fraction of sp³-hybridized carbons (Fsp3) is 0.552. The van der Waals surface area contributed by atoms with Crippen LogP contribution in [0.15, 0.2) is 36.4 Å². The van der Waals surface area contributed by atoms with Crippen molar-refractivity contribution in [2.75, 3.05) is 6.61 Å². The maximum absolute atomic E-state index is 12.9. The molecule has 10 unspecified atom stereocenters. The summed E-state index contributed by atoms with van der Waals surface area (Å²) in [5, 5.41) is 82.6. The average molecular weight is 577 g/mol. The van der Waals surface area contributed by atoms with E-state index in [2.05, 4.69) is 0 Å². The summed E-state index contributed by atoms with van der Waals surface area (Å²) in [6, 6.07) is 8.84. The standard InChI is InChI=1S/C29H36O12/c1-12-6-21(26(36)27(37)24(12)34)41-29-22(7-14(11-30)25(35)28(29)38)39-16-8-17(32)23-18(33)10-19(40-20(23)9-16)13-2-4-15(31)5-3-13/h2-5,8-9,12,14,19,21-22,24-32,34-38H,6-7,10-11H2,1H3/t12?,14?,19-,21?,22?,24?,25?,26?,27?,28?,29?/m0/s1. The minimum Gasteiger partial charge on any atom is -0.508 e. The molecule has 0 radical (unpaired) electrons. The van der Waals surface area contributed by atoms with Gasteiger partial charge in [0.05, 0.1) is 24.7 Å². The van der Waals surface area contributed by atoms with Gasteiger partial charge in [0.2, 0.25) is 0 Å². The number of fused-ring (bicyclic) bond motifs is 1. The van der Waals surface area contributed by atoms with E-state index in [9.17, 15) is 45.6 Å². The second kappa shape index (κ2) is 11.7. The lowest BCUT2D eigenvalue weighted by Gasteiger charge is -2.46. The smallest absolute Gasteiger partial charge is 0.174 e. The van der Waals surface area contributed by atoms with Gasteiger partial charge in [0, 0.05) is 24.7 Å². The van der Waals surface area contributed by atoms with E-state index >= 15 is 0 Å². The number of ether oxygens (including phenoxy) is 3. The zero-order chi connectivity index (χ0) is 29.6. The lowest BCUT2D eigenvalue weighted by molar-refractivity contribution is -0.234. The second-order valence-corrected chi connectivity index (χ2v) is 11.3. The van der Waals surface area contributed by atoms with Gasteiger partial charge in [-0.05, 0) is 36.5 Å². The Kier molecular flexibility index (Phi) is 8.44. The van der Waals surface area contributed by atoms with Crippen molar-refractivity contribution in [2.24, 2.45) is 11.8 Å². The molecular weight excluding hydrogens is 540 g/mol. The lowest BCUT2D eigenvalue weighted by Crippen LogP contribution is -2.61. The number of hydrogen-bond donors (Lipinski definition) is 8. The molecule has 0 aromatic heterocycles. The maximum atomic E-state index is 12.9. The van der Waals surface area contributed by atoms with Crippen molar-refractivity contribution in [3.8, 4) is 23.0 Å². The topological polar surface area (TPSA) is 207 Å². The summed E-state index contributed by atoms with van der Waals surface area (Å²) in [6.07, 6.45) is -10.8. The number of carbonyl (C=O) groups is 1. The number of Topliss-reactive ketones (excluding diaryl/α,β-unsaturated/α-hetero) is 1. The molecule has 11 atom stereocenters. The summed E-state index contributed by atoms with van der Waals surface area (Å²) >= 11 is 0. The molecule has 2 aromatic rings. The summed E-state index contributed by atoms with van der Waals surface area (Å²) in [7, 11) is 0. The molecule has 224 valence electrons. The number of ketones is 1. The molecule has 8 N–H and O–H groups in total. The van der Waals surface area contributed by atoms with Gasteiger partial charge in [-0.1, -0.05) is 19.1 Å². The van der Waals surface area contributed by atoms with Gasteiger partial charge in [0.15, 0.2) is 5.78 Å². The van der Waals surface area contributed by atoms with Gasteiger partial charge in [-0.25, -0.2) is 0 Å². The Morgan fingerprint density at radius 2 is 1.59 bits per heavy atom. The maximum Gasteiger partial charge on any atom is 0.174 e. The van der Waals surface area contributed by atoms with E-state index < -0.39 is 73.4 Å². The number of aromatic hydroxyl groups is 2. The molecule has 41 heavy (non-hydrogen) atoms. The molecule has 0 amide bonds. The number of rotatable bonds is 6. The third kappa shape index (κ3) is 5.73. The highest BCUT2D eigenvalue weighted by atomic mass is 16.6. The molecule has 2 saturated carbocycles. The van der Waals surface area contributed by atoms with E-state index in [1.165, 1.54) is 24.3 Å². The Bertz CT molecular complexity index is 1240. The summed E-state index contributed by atoms with van der Waals surface area (Å²) in [6.45, 7) is 1.22. The van der Waals surface area contributed by atoms with Crippen LogP contribution in [0.5, 0.6) is 23.0 Å². The molecular formula is C29H36O12. The normalized spacial score (nSPS) is 37.2. The Balaban J connectivity index is 1.41. The van der Waals surface area contributed by atoms with Gasteiger partial charge < -0.3 is 55.1 Å². The summed E-state index contributed by atoms with van der Waals surface area (Å²) in [5.41, 5.74) is 0.628. The van der Waals surface area contributed by atoms with Crippen molar-refractivity contribution in [3.05, 3.63) is 47.5 Å². The van der Waals surface area contributed by atoms with Crippen LogP contribution in [-0.4, -0.2) is 102 Å². The summed E-state index contributed by atoms with van der Waals surface area (Å²) < 4.78 is 18.2. The second-order valence-electron chi connectivity index (χ2n) is 11.3. The highest BCUT2D eigenvalue weighted by molar-refractivity contribution is 6.02. The van der Waals surface area contributed by atoms with Gasteiger partial charge in [-0.15, -0.1) is 0 Å². The first kappa shape index (κ1) is 29.5. The zero-order valence-electron chi connectivity index (χ0n) is 22.4. The Labute approximate surface area is 236 Å². The molecule has 0 bridgehead atoms. The monoisotopic (exact) mass is 576 g/mol. The number of hydrogen-bond acceptors (Lipinski definition) is 12. The third-order valence-corrected chi connectivity index (χ3v) is 8.43. The van der Waals surface area contributed by atoms with E-state index in [1.54, 1.807) is 19.1 Å².